The van der Waals surface area contributed by atoms with Gasteiger partial charge in [0, 0.05) is 19.6 Å². The first-order valence-electron chi connectivity index (χ1n) is 3.67. The zero-order valence-corrected chi connectivity index (χ0v) is 6.37. The van der Waals surface area contributed by atoms with E-state index in [1.165, 1.54) is 0 Å². The van der Waals surface area contributed by atoms with E-state index < -0.39 is 0 Å². The van der Waals surface area contributed by atoms with Gasteiger partial charge in [0.15, 0.2) is 0 Å². The lowest BCUT2D eigenvalue weighted by Gasteiger charge is -2.52. The van der Waals surface area contributed by atoms with Crippen molar-refractivity contribution in [2.45, 2.75) is 18.5 Å². The van der Waals surface area contributed by atoms with E-state index in [0.717, 1.165) is 13.0 Å². The summed E-state index contributed by atoms with van der Waals surface area (Å²) in [5.74, 6) is 0.296. The molecule has 10 heavy (non-hydrogen) atoms. The maximum absolute atomic E-state index is 11.3. The maximum atomic E-state index is 11.3. The molecule has 1 amide bonds. The van der Waals surface area contributed by atoms with Crippen molar-refractivity contribution in [1.82, 2.24) is 9.80 Å². The minimum atomic E-state index is 0.212. The summed E-state index contributed by atoms with van der Waals surface area (Å²) in [6.07, 6.45) is 1.08. The standard InChI is InChI=1S/C7H12N2O/c1-8-4-5-3-6(7(8)10)9(5)2/h5-6H,3-4H2,1-2H3. The van der Waals surface area contributed by atoms with Crippen molar-refractivity contribution >= 4 is 5.91 Å². The Labute approximate surface area is 60.6 Å². The van der Waals surface area contributed by atoms with Crippen molar-refractivity contribution in [3.05, 3.63) is 0 Å². The van der Waals surface area contributed by atoms with Gasteiger partial charge in [-0.05, 0) is 13.5 Å². The molecule has 0 saturated carbocycles. The quantitative estimate of drug-likeness (QED) is 0.454. The Morgan fingerprint density at radius 1 is 1.50 bits per heavy atom. The van der Waals surface area contributed by atoms with E-state index >= 15 is 0 Å². The zero-order chi connectivity index (χ0) is 7.30. The number of piperazine rings is 1. The van der Waals surface area contributed by atoms with Crippen LogP contribution in [0.25, 0.3) is 0 Å². The normalized spacial score (nSPS) is 39.8. The van der Waals surface area contributed by atoms with Crippen molar-refractivity contribution in [2.24, 2.45) is 0 Å². The first-order valence-corrected chi connectivity index (χ1v) is 3.67. The van der Waals surface area contributed by atoms with Crippen LogP contribution in [0.1, 0.15) is 6.42 Å². The number of carbonyl (C=O) groups is 1. The molecule has 0 spiro atoms. The Kier molecular flexibility index (Phi) is 1.06. The molecule has 0 aromatic carbocycles. The predicted octanol–water partition coefficient (Wildman–Crippen LogP) is -0.469. The molecule has 0 aromatic rings. The average molecular weight is 140 g/mol. The number of hydrogen-bond acceptors (Lipinski definition) is 2. The number of likely N-dealkylation sites (N-methyl/N-ethyl adjacent to an activating group) is 2. The highest BCUT2D eigenvalue weighted by Crippen LogP contribution is 2.30. The SMILES string of the molecule is CN1CC2CC(C1=O)N2C. The molecule has 3 saturated heterocycles. The molecule has 2 bridgehead atoms. The highest BCUT2D eigenvalue weighted by atomic mass is 16.2. The fourth-order valence-electron chi connectivity index (χ4n) is 1.85. The molecule has 0 aliphatic carbocycles. The van der Waals surface area contributed by atoms with Crippen LogP contribution in [-0.4, -0.2) is 48.4 Å². The zero-order valence-electron chi connectivity index (χ0n) is 6.37. The summed E-state index contributed by atoms with van der Waals surface area (Å²) in [4.78, 5) is 15.3. The van der Waals surface area contributed by atoms with Gasteiger partial charge < -0.3 is 4.90 Å². The minimum Gasteiger partial charge on any atom is -0.343 e. The summed E-state index contributed by atoms with van der Waals surface area (Å²) < 4.78 is 0. The first kappa shape index (κ1) is 6.16. The molecular formula is C7H12N2O. The number of fused-ring (bicyclic) bond motifs is 2. The molecule has 3 heteroatoms. The van der Waals surface area contributed by atoms with Crippen LogP contribution in [0.15, 0.2) is 0 Å². The third-order valence-electron chi connectivity index (χ3n) is 2.71. The van der Waals surface area contributed by atoms with Crippen LogP contribution in [0.4, 0.5) is 0 Å². The number of amides is 1. The molecule has 0 radical (unpaired) electrons. The Bertz CT molecular complexity index is 180. The summed E-state index contributed by atoms with van der Waals surface area (Å²) in [6.45, 7) is 0.922. The largest absolute Gasteiger partial charge is 0.343 e. The van der Waals surface area contributed by atoms with Crippen molar-refractivity contribution in [3.63, 3.8) is 0 Å². The van der Waals surface area contributed by atoms with Gasteiger partial charge in [-0.2, -0.15) is 0 Å². The lowest BCUT2D eigenvalue weighted by molar-refractivity contribution is -0.154. The number of hydrogen-bond donors (Lipinski definition) is 0. The van der Waals surface area contributed by atoms with E-state index in [4.69, 9.17) is 0 Å². The summed E-state index contributed by atoms with van der Waals surface area (Å²) in [7, 11) is 3.91. The maximum Gasteiger partial charge on any atom is 0.239 e. The molecular weight excluding hydrogens is 128 g/mol. The second-order valence-corrected chi connectivity index (χ2v) is 3.29. The van der Waals surface area contributed by atoms with Gasteiger partial charge >= 0.3 is 0 Å². The van der Waals surface area contributed by atoms with Gasteiger partial charge in [0.05, 0.1) is 6.04 Å². The number of nitrogens with zero attached hydrogens (tertiary/aromatic N) is 2. The Hall–Kier alpha value is -0.570. The molecule has 2 unspecified atom stereocenters. The fraction of sp³-hybridized carbons (Fsp3) is 0.857. The average Bonchev–Trinajstić information content (AvgIpc) is 1.92. The van der Waals surface area contributed by atoms with Gasteiger partial charge in [0.2, 0.25) is 5.91 Å². The van der Waals surface area contributed by atoms with E-state index in [0.29, 0.717) is 11.9 Å². The minimum absolute atomic E-state index is 0.212. The van der Waals surface area contributed by atoms with Crippen molar-refractivity contribution in [1.29, 1.82) is 0 Å². The van der Waals surface area contributed by atoms with Crippen LogP contribution in [0.5, 0.6) is 0 Å². The Morgan fingerprint density at radius 2 is 2.20 bits per heavy atom. The summed E-state index contributed by atoms with van der Waals surface area (Å²) in [5, 5.41) is 0. The van der Waals surface area contributed by atoms with Gasteiger partial charge in [-0.3, -0.25) is 9.69 Å². The van der Waals surface area contributed by atoms with Crippen molar-refractivity contribution in [2.75, 3.05) is 20.6 Å². The monoisotopic (exact) mass is 140 g/mol. The van der Waals surface area contributed by atoms with Crippen LogP contribution < -0.4 is 0 Å². The highest BCUT2D eigenvalue weighted by molar-refractivity contribution is 5.84. The van der Waals surface area contributed by atoms with Gasteiger partial charge in [-0.15, -0.1) is 0 Å². The smallest absolute Gasteiger partial charge is 0.239 e. The van der Waals surface area contributed by atoms with E-state index in [9.17, 15) is 4.79 Å². The van der Waals surface area contributed by atoms with Crippen LogP contribution in [0.3, 0.4) is 0 Å². The van der Waals surface area contributed by atoms with E-state index in [1.54, 1.807) is 0 Å². The molecule has 3 aliphatic rings. The van der Waals surface area contributed by atoms with Crippen LogP contribution >= 0.6 is 0 Å². The van der Waals surface area contributed by atoms with E-state index in [2.05, 4.69) is 4.90 Å². The fourth-order valence-corrected chi connectivity index (χ4v) is 1.85. The van der Waals surface area contributed by atoms with Gasteiger partial charge in [-0.1, -0.05) is 0 Å². The predicted molar refractivity (Wildman–Crippen MR) is 37.6 cm³/mol. The van der Waals surface area contributed by atoms with Crippen LogP contribution in [0, 0.1) is 0 Å². The summed E-state index contributed by atoms with van der Waals surface area (Å²) in [5.41, 5.74) is 0. The lowest BCUT2D eigenvalue weighted by atomic mass is 9.88. The third-order valence-corrected chi connectivity index (χ3v) is 2.71. The van der Waals surface area contributed by atoms with Gasteiger partial charge in [-0.25, -0.2) is 0 Å². The molecule has 3 rings (SSSR count). The summed E-state index contributed by atoms with van der Waals surface area (Å²) in [6, 6.07) is 0.858. The molecule has 3 heterocycles. The first-order chi connectivity index (χ1) is 4.70. The number of rotatable bonds is 0. The second-order valence-electron chi connectivity index (χ2n) is 3.29. The molecule has 0 N–H and O–H groups in total. The van der Waals surface area contributed by atoms with Crippen molar-refractivity contribution in [3.8, 4) is 0 Å². The molecule has 2 atom stereocenters. The van der Waals surface area contributed by atoms with Crippen molar-refractivity contribution < 1.29 is 4.79 Å². The lowest BCUT2D eigenvalue weighted by Crippen LogP contribution is -2.69. The second kappa shape index (κ2) is 1.72. The van der Waals surface area contributed by atoms with Gasteiger partial charge in [0.25, 0.3) is 0 Å². The molecule has 3 aliphatic heterocycles. The van der Waals surface area contributed by atoms with E-state index in [1.807, 2.05) is 19.0 Å². The Balaban J connectivity index is 2.15. The van der Waals surface area contributed by atoms with Gasteiger partial charge in [0.1, 0.15) is 0 Å². The number of piperidine rings is 1. The molecule has 0 aromatic heterocycles. The topological polar surface area (TPSA) is 23.6 Å². The van der Waals surface area contributed by atoms with E-state index in [-0.39, 0.29) is 6.04 Å². The van der Waals surface area contributed by atoms with Crippen LogP contribution in [0.2, 0.25) is 0 Å². The summed E-state index contributed by atoms with van der Waals surface area (Å²) >= 11 is 0. The van der Waals surface area contributed by atoms with Crippen LogP contribution in [-0.2, 0) is 4.79 Å². The molecule has 3 fully saturated rings. The molecule has 56 valence electrons. The third kappa shape index (κ3) is 0.560. The Morgan fingerprint density at radius 3 is 2.60 bits per heavy atom. The number of carbonyl (C=O) groups excluding carboxylic acids is 1. The molecule has 3 nitrogen and oxygen atoms in total. The highest BCUT2D eigenvalue weighted by Gasteiger charge is 2.46.